The summed E-state index contributed by atoms with van der Waals surface area (Å²) in [6, 6.07) is 0. The molecular weight excluding hydrogens is 155 g/mol. The van der Waals surface area contributed by atoms with Crippen LogP contribution in [0.25, 0.3) is 0 Å². The van der Waals surface area contributed by atoms with E-state index in [0.717, 1.165) is 32.1 Å². The largest absolute Gasteiger partial charge is 0.390 e. The summed E-state index contributed by atoms with van der Waals surface area (Å²) in [7, 11) is 0. The summed E-state index contributed by atoms with van der Waals surface area (Å²) < 4.78 is 0. The third kappa shape index (κ3) is 5.64. The van der Waals surface area contributed by atoms with Crippen molar-refractivity contribution in [3.8, 4) is 0 Å². The van der Waals surface area contributed by atoms with Crippen molar-refractivity contribution in [2.75, 3.05) is 0 Å². The van der Waals surface area contributed by atoms with E-state index in [9.17, 15) is 5.11 Å². The molecule has 70 valence electrons. The van der Waals surface area contributed by atoms with Crippen LogP contribution in [0, 0.1) is 0 Å². The molecule has 0 amide bonds. The quantitative estimate of drug-likeness (QED) is 0.642. The molecule has 11 heavy (non-hydrogen) atoms. The maximum Gasteiger partial charge on any atom is 0.0645 e. The molecule has 0 aromatic heterocycles. The van der Waals surface area contributed by atoms with Crippen molar-refractivity contribution < 1.29 is 5.11 Å². The number of aliphatic hydroxyl groups is 1. The van der Waals surface area contributed by atoms with Gasteiger partial charge in [0.25, 0.3) is 0 Å². The molecule has 0 saturated carbocycles. The topological polar surface area (TPSA) is 20.2 Å². The molecule has 0 spiro atoms. The predicted octanol–water partition coefficient (Wildman–Crippen LogP) is 2.79. The van der Waals surface area contributed by atoms with E-state index in [2.05, 4.69) is 20.8 Å². The van der Waals surface area contributed by atoms with Crippen LogP contribution in [0.4, 0.5) is 0 Å². The van der Waals surface area contributed by atoms with Crippen LogP contribution < -0.4 is 0 Å². The maximum atomic E-state index is 9.82. The van der Waals surface area contributed by atoms with E-state index in [1.165, 1.54) is 0 Å². The van der Waals surface area contributed by atoms with Crippen LogP contribution in [-0.2, 0) is 0 Å². The monoisotopic (exact) mass is 178 g/mol. The van der Waals surface area contributed by atoms with Crippen LogP contribution in [0.5, 0.6) is 0 Å². The van der Waals surface area contributed by atoms with E-state index in [0.29, 0.717) is 0 Å². The molecule has 1 nitrogen and oxygen atoms in total. The van der Waals surface area contributed by atoms with Crippen LogP contribution in [0.3, 0.4) is 0 Å². The molecular formula is C9H23OP. The van der Waals surface area contributed by atoms with Crippen LogP contribution in [0.15, 0.2) is 0 Å². The Balaban J connectivity index is 0. The Hall–Kier alpha value is 0.390. The van der Waals surface area contributed by atoms with Gasteiger partial charge in [0.05, 0.1) is 5.60 Å². The summed E-state index contributed by atoms with van der Waals surface area (Å²) in [5.74, 6) is 0. The highest BCUT2D eigenvalue weighted by molar-refractivity contribution is 6.92. The zero-order chi connectivity index (χ0) is 8.04. The van der Waals surface area contributed by atoms with Gasteiger partial charge in [-0.2, -0.15) is 9.90 Å². The normalized spacial score (nSPS) is 10.9. The first-order valence-electron chi connectivity index (χ1n) is 4.41. The third-order valence-corrected chi connectivity index (χ3v) is 2.09. The number of rotatable bonds is 5. The Kier molecular flexibility index (Phi) is 8.95. The van der Waals surface area contributed by atoms with E-state index in [4.69, 9.17) is 0 Å². The molecule has 0 bridgehead atoms. The van der Waals surface area contributed by atoms with Crippen molar-refractivity contribution in [1.82, 2.24) is 0 Å². The lowest BCUT2D eigenvalue weighted by molar-refractivity contribution is 0.0176. The molecule has 0 aromatic rings. The van der Waals surface area contributed by atoms with Crippen molar-refractivity contribution in [2.45, 2.75) is 58.5 Å². The first-order chi connectivity index (χ1) is 4.68. The van der Waals surface area contributed by atoms with E-state index in [-0.39, 0.29) is 15.5 Å². The van der Waals surface area contributed by atoms with Gasteiger partial charge in [-0.15, -0.1) is 0 Å². The molecule has 0 aromatic carbocycles. The van der Waals surface area contributed by atoms with Crippen LogP contribution in [0.2, 0.25) is 0 Å². The second kappa shape index (κ2) is 7.06. The highest BCUT2D eigenvalue weighted by Gasteiger charge is 2.21. The zero-order valence-electron chi connectivity index (χ0n) is 8.19. The van der Waals surface area contributed by atoms with Crippen LogP contribution in [-0.4, -0.2) is 10.7 Å². The van der Waals surface area contributed by atoms with Gasteiger partial charge in [0.1, 0.15) is 0 Å². The first-order valence-corrected chi connectivity index (χ1v) is 4.41. The average Bonchev–Trinajstić information content (AvgIpc) is 1.89. The SMILES string of the molecule is CCCC(O)(CC)CCC.P. The Morgan fingerprint density at radius 3 is 1.55 bits per heavy atom. The van der Waals surface area contributed by atoms with Crippen molar-refractivity contribution in [3.63, 3.8) is 0 Å². The Bertz CT molecular complexity index is 77.6. The average molecular weight is 178 g/mol. The smallest absolute Gasteiger partial charge is 0.0645 e. The van der Waals surface area contributed by atoms with Gasteiger partial charge in [-0.05, 0) is 19.3 Å². The van der Waals surface area contributed by atoms with Gasteiger partial charge in [0.15, 0.2) is 0 Å². The van der Waals surface area contributed by atoms with E-state index in [1.54, 1.807) is 0 Å². The molecule has 0 aliphatic rings. The lowest BCUT2D eigenvalue weighted by atomic mass is 9.90. The fourth-order valence-electron chi connectivity index (χ4n) is 1.41. The van der Waals surface area contributed by atoms with Crippen molar-refractivity contribution in [3.05, 3.63) is 0 Å². The highest BCUT2D eigenvalue weighted by atomic mass is 31.0. The molecule has 2 heteroatoms. The summed E-state index contributed by atoms with van der Waals surface area (Å²) in [6.07, 6.45) is 4.98. The van der Waals surface area contributed by atoms with Gasteiger partial charge >= 0.3 is 0 Å². The molecule has 0 heterocycles. The number of hydrogen-bond acceptors (Lipinski definition) is 1. The molecule has 0 radical (unpaired) electrons. The fraction of sp³-hybridized carbons (Fsp3) is 1.00. The minimum Gasteiger partial charge on any atom is -0.390 e. The molecule has 0 aliphatic carbocycles. The van der Waals surface area contributed by atoms with Crippen LogP contribution >= 0.6 is 9.90 Å². The second-order valence-electron chi connectivity index (χ2n) is 3.08. The summed E-state index contributed by atoms with van der Waals surface area (Å²) in [6.45, 7) is 6.30. The molecule has 0 rings (SSSR count). The van der Waals surface area contributed by atoms with E-state index < -0.39 is 0 Å². The minimum atomic E-state index is -0.358. The molecule has 0 fully saturated rings. The maximum absolute atomic E-state index is 9.82. The summed E-state index contributed by atoms with van der Waals surface area (Å²) >= 11 is 0. The summed E-state index contributed by atoms with van der Waals surface area (Å²) in [4.78, 5) is 0. The Morgan fingerprint density at radius 1 is 1.00 bits per heavy atom. The van der Waals surface area contributed by atoms with Gasteiger partial charge in [0, 0.05) is 0 Å². The van der Waals surface area contributed by atoms with Crippen molar-refractivity contribution in [2.24, 2.45) is 0 Å². The Labute approximate surface area is 74.2 Å². The standard InChI is InChI=1S/C9H20O.H3P/c1-4-7-9(10,6-3)8-5-2;/h10H,4-8H2,1-3H3;1H3. The summed E-state index contributed by atoms with van der Waals surface area (Å²) in [5, 5.41) is 9.82. The van der Waals surface area contributed by atoms with Gasteiger partial charge < -0.3 is 5.11 Å². The molecule has 0 saturated heterocycles. The zero-order valence-corrected chi connectivity index (χ0v) is 9.60. The minimum absolute atomic E-state index is 0. The van der Waals surface area contributed by atoms with Crippen molar-refractivity contribution in [1.29, 1.82) is 0 Å². The molecule has 1 atom stereocenters. The first kappa shape index (κ1) is 13.9. The van der Waals surface area contributed by atoms with E-state index >= 15 is 0 Å². The van der Waals surface area contributed by atoms with Gasteiger partial charge in [0.2, 0.25) is 0 Å². The van der Waals surface area contributed by atoms with Crippen LogP contribution in [0.1, 0.15) is 52.9 Å². The van der Waals surface area contributed by atoms with Crippen molar-refractivity contribution >= 4 is 9.90 Å². The fourth-order valence-corrected chi connectivity index (χ4v) is 1.41. The van der Waals surface area contributed by atoms with Gasteiger partial charge in [-0.1, -0.05) is 33.6 Å². The molecule has 0 aliphatic heterocycles. The third-order valence-electron chi connectivity index (χ3n) is 2.09. The van der Waals surface area contributed by atoms with Gasteiger partial charge in [-0.25, -0.2) is 0 Å². The lowest BCUT2D eigenvalue weighted by Crippen LogP contribution is -2.26. The van der Waals surface area contributed by atoms with Gasteiger partial charge in [-0.3, -0.25) is 0 Å². The molecule has 1 unspecified atom stereocenters. The lowest BCUT2D eigenvalue weighted by Gasteiger charge is -2.25. The second-order valence-corrected chi connectivity index (χ2v) is 3.08. The Morgan fingerprint density at radius 2 is 1.36 bits per heavy atom. The highest BCUT2D eigenvalue weighted by Crippen LogP contribution is 2.22. The van der Waals surface area contributed by atoms with E-state index in [1.807, 2.05) is 0 Å². The number of hydrogen-bond donors (Lipinski definition) is 1. The summed E-state index contributed by atoms with van der Waals surface area (Å²) in [5.41, 5.74) is -0.358. The molecule has 1 N–H and O–H groups in total. The predicted molar refractivity (Wildman–Crippen MR) is 56.2 cm³/mol.